The monoisotopic (exact) mass is 360 g/mol. The minimum Gasteiger partial charge on any atom is -0.448 e. The van der Waals surface area contributed by atoms with Crippen molar-refractivity contribution in [1.29, 1.82) is 0 Å². The Balaban J connectivity index is 1.44. The highest BCUT2D eigenvalue weighted by Gasteiger charge is 2.31. The largest absolute Gasteiger partial charge is 0.448 e. The quantitative estimate of drug-likeness (QED) is 0.791. The highest BCUT2D eigenvalue weighted by atomic mass is 16.6. The number of benzene rings is 2. The number of carbonyl (C=O) groups is 2. The van der Waals surface area contributed by atoms with Gasteiger partial charge in [-0.2, -0.15) is 0 Å². The van der Waals surface area contributed by atoms with Crippen molar-refractivity contribution in [1.82, 2.24) is 9.80 Å². The zero-order valence-electron chi connectivity index (χ0n) is 14.9. The normalized spacial score (nSPS) is 15.9. The SMILES string of the molecule is C#CCN1CCN(C(=O)OCC2c3ccccc3-c3ccccc32)CC1=O. The first kappa shape index (κ1) is 17.2. The summed E-state index contributed by atoms with van der Waals surface area (Å²) in [4.78, 5) is 27.6. The summed E-state index contributed by atoms with van der Waals surface area (Å²) in [6.07, 6.45) is 4.81. The van der Waals surface area contributed by atoms with E-state index < -0.39 is 6.09 Å². The molecule has 0 spiro atoms. The van der Waals surface area contributed by atoms with Gasteiger partial charge in [0, 0.05) is 19.0 Å². The topological polar surface area (TPSA) is 49.9 Å². The molecule has 2 amide bonds. The van der Waals surface area contributed by atoms with Gasteiger partial charge < -0.3 is 9.64 Å². The lowest BCUT2D eigenvalue weighted by atomic mass is 9.98. The molecule has 0 N–H and O–H groups in total. The molecule has 0 unspecified atom stereocenters. The minimum absolute atomic E-state index is 0.0123. The maximum absolute atomic E-state index is 12.5. The molecule has 0 bridgehead atoms. The molecule has 27 heavy (non-hydrogen) atoms. The lowest BCUT2D eigenvalue weighted by Crippen LogP contribution is -2.52. The Labute approximate surface area is 158 Å². The molecule has 1 heterocycles. The van der Waals surface area contributed by atoms with Crippen molar-refractivity contribution in [2.24, 2.45) is 0 Å². The van der Waals surface area contributed by atoms with Crippen LogP contribution in [0.4, 0.5) is 4.79 Å². The second-order valence-corrected chi connectivity index (χ2v) is 6.74. The molecule has 0 atom stereocenters. The number of piperazine rings is 1. The van der Waals surface area contributed by atoms with Gasteiger partial charge in [-0.3, -0.25) is 9.69 Å². The van der Waals surface area contributed by atoms with Crippen LogP contribution in [-0.2, 0) is 9.53 Å². The van der Waals surface area contributed by atoms with E-state index >= 15 is 0 Å². The molecule has 4 rings (SSSR count). The van der Waals surface area contributed by atoms with Crippen molar-refractivity contribution in [2.75, 3.05) is 32.8 Å². The number of nitrogens with zero attached hydrogens (tertiary/aromatic N) is 2. The van der Waals surface area contributed by atoms with Crippen molar-refractivity contribution in [3.8, 4) is 23.5 Å². The summed E-state index contributed by atoms with van der Waals surface area (Å²) in [7, 11) is 0. The molecule has 1 saturated heterocycles. The van der Waals surface area contributed by atoms with E-state index in [0.29, 0.717) is 13.1 Å². The molecule has 1 aliphatic carbocycles. The third-order valence-electron chi connectivity index (χ3n) is 5.20. The number of terminal acetylenes is 1. The molecule has 5 nitrogen and oxygen atoms in total. The standard InChI is InChI=1S/C22H20N2O3/c1-2-11-23-12-13-24(14-21(23)25)22(26)27-15-20-18-9-5-3-7-16(18)17-8-4-6-10-19(17)20/h1,3-10,20H,11-15H2. The molecule has 1 aliphatic heterocycles. The van der Waals surface area contributed by atoms with Crippen LogP contribution in [0.25, 0.3) is 11.1 Å². The molecule has 1 fully saturated rings. The van der Waals surface area contributed by atoms with E-state index in [0.717, 1.165) is 0 Å². The second-order valence-electron chi connectivity index (χ2n) is 6.74. The Morgan fingerprint density at radius 3 is 2.30 bits per heavy atom. The molecule has 0 aromatic heterocycles. The summed E-state index contributed by atoms with van der Waals surface area (Å²) in [5, 5.41) is 0. The lowest BCUT2D eigenvalue weighted by Gasteiger charge is -2.32. The van der Waals surface area contributed by atoms with E-state index in [1.54, 1.807) is 4.90 Å². The smallest absolute Gasteiger partial charge is 0.410 e. The van der Waals surface area contributed by atoms with Crippen LogP contribution >= 0.6 is 0 Å². The van der Waals surface area contributed by atoms with E-state index in [2.05, 4.69) is 30.2 Å². The highest BCUT2D eigenvalue weighted by Crippen LogP contribution is 2.44. The molecule has 2 aromatic carbocycles. The first-order valence-electron chi connectivity index (χ1n) is 9.00. The van der Waals surface area contributed by atoms with Crippen molar-refractivity contribution in [3.05, 3.63) is 59.7 Å². The van der Waals surface area contributed by atoms with Crippen LogP contribution in [0.3, 0.4) is 0 Å². The van der Waals surface area contributed by atoms with Gasteiger partial charge in [0.05, 0.1) is 6.54 Å². The fraction of sp³-hybridized carbons (Fsp3) is 0.273. The minimum atomic E-state index is -0.453. The summed E-state index contributed by atoms with van der Waals surface area (Å²) >= 11 is 0. The Bertz CT molecular complexity index is 886. The average Bonchev–Trinajstić information content (AvgIpc) is 3.02. The third kappa shape index (κ3) is 3.15. The number of hydrogen-bond acceptors (Lipinski definition) is 3. The van der Waals surface area contributed by atoms with E-state index in [1.807, 2.05) is 24.3 Å². The average molecular weight is 360 g/mol. The maximum atomic E-state index is 12.5. The fourth-order valence-corrected chi connectivity index (χ4v) is 3.83. The van der Waals surface area contributed by atoms with E-state index in [1.165, 1.54) is 27.2 Å². The van der Waals surface area contributed by atoms with Gasteiger partial charge in [0.2, 0.25) is 5.91 Å². The molecular formula is C22H20N2O3. The Kier molecular flexibility index (Phi) is 4.55. The molecule has 0 saturated carbocycles. The number of amides is 2. The number of hydrogen-bond donors (Lipinski definition) is 0. The first-order valence-corrected chi connectivity index (χ1v) is 9.00. The molecule has 2 aliphatic rings. The molecular weight excluding hydrogens is 340 g/mol. The summed E-state index contributed by atoms with van der Waals surface area (Å²) in [6, 6.07) is 16.4. The van der Waals surface area contributed by atoms with Crippen LogP contribution in [-0.4, -0.2) is 54.6 Å². The Morgan fingerprint density at radius 1 is 1.07 bits per heavy atom. The predicted octanol–water partition coefficient (Wildman–Crippen LogP) is 2.71. The van der Waals surface area contributed by atoms with Crippen molar-refractivity contribution < 1.29 is 14.3 Å². The van der Waals surface area contributed by atoms with Crippen LogP contribution in [0.15, 0.2) is 48.5 Å². The highest BCUT2D eigenvalue weighted by molar-refractivity contribution is 5.84. The van der Waals surface area contributed by atoms with Gasteiger partial charge in [0.1, 0.15) is 13.2 Å². The van der Waals surface area contributed by atoms with E-state index in [4.69, 9.17) is 11.2 Å². The molecule has 2 aromatic rings. The van der Waals surface area contributed by atoms with Crippen molar-refractivity contribution in [3.63, 3.8) is 0 Å². The first-order chi connectivity index (χ1) is 13.2. The van der Waals surface area contributed by atoms with E-state index in [9.17, 15) is 9.59 Å². The van der Waals surface area contributed by atoms with Gasteiger partial charge in [-0.1, -0.05) is 54.5 Å². The molecule has 136 valence electrons. The predicted molar refractivity (Wildman–Crippen MR) is 102 cm³/mol. The number of fused-ring (bicyclic) bond motifs is 3. The lowest BCUT2D eigenvalue weighted by molar-refractivity contribution is -0.134. The van der Waals surface area contributed by atoms with Crippen LogP contribution < -0.4 is 0 Å². The van der Waals surface area contributed by atoms with Gasteiger partial charge in [0.25, 0.3) is 0 Å². The van der Waals surface area contributed by atoms with Gasteiger partial charge in [-0.25, -0.2) is 4.79 Å². The third-order valence-corrected chi connectivity index (χ3v) is 5.20. The van der Waals surface area contributed by atoms with E-state index in [-0.39, 0.29) is 31.5 Å². The zero-order chi connectivity index (χ0) is 18.8. The van der Waals surface area contributed by atoms with Crippen LogP contribution in [0.1, 0.15) is 17.0 Å². The molecule has 5 heteroatoms. The summed E-state index contributed by atoms with van der Waals surface area (Å²) in [6.45, 7) is 1.42. The zero-order valence-corrected chi connectivity index (χ0v) is 14.9. The van der Waals surface area contributed by atoms with Crippen LogP contribution in [0.5, 0.6) is 0 Å². The van der Waals surface area contributed by atoms with Crippen LogP contribution in [0.2, 0.25) is 0 Å². The maximum Gasteiger partial charge on any atom is 0.410 e. The van der Waals surface area contributed by atoms with Crippen molar-refractivity contribution >= 4 is 12.0 Å². The van der Waals surface area contributed by atoms with Crippen molar-refractivity contribution in [2.45, 2.75) is 5.92 Å². The van der Waals surface area contributed by atoms with Crippen LogP contribution in [0, 0.1) is 12.3 Å². The number of ether oxygens (including phenoxy) is 1. The second kappa shape index (κ2) is 7.16. The van der Waals surface area contributed by atoms with Gasteiger partial charge >= 0.3 is 6.09 Å². The van der Waals surface area contributed by atoms with Gasteiger partial charge in [-0.05, 0) is 22.3 Å². The summed E-state index contributed by atoms with van der Waals surface area (Å²) in [5.74, 6) is 2.33. The summed E-state index contributed by atoms with van der Waals surface area (Å²) < 4.78 is 5.60. The Morgan fingerprint density at radius 2 is 1.70 bits per heavy atom. The molecule has 0 radical (unpaired) electrons. The number of carbonyl (C=O) groups excluding carboxylic acids is 2. The van der Waals surface area contributed by atoms with Gasteiger partial charge in [-0.15, -0.1) is 6.42 Å². The summed E-state index contributed by atoms with van der Waals surface area (Å²) in [5.41, 5.74) is 4.71. The Hall–Kier alpha value is -3.26. The van der Waals surface area contributed by atoms with Gasteiger partial charge in [0.15, 0.2) is 0 Å². The fourth-order valence-electron chi connectivity index (χ4n) is 3.83. The number of rotatable bonds is 3.